The van der Waals surface area contributed by atoms with Gasteiger partial charge in [-0.3, -0.25) is 34.3 Å². The van der Waals surface area contributed by atoms with Crippen LogP contribution in [0.3, 0.4) is 0 Å². The Balaban J connectivity index is 1.58. The molecular formula is C28H45N3O4. The van der Waals surface area contributed by atoms with Crippen LogP contribution >= 0.6 is 0 Å². The first-order valence-corrected chi connectivity index (χ1v) is 14.5. The molecule has 2 aliphatic heterocycles. The Morgan fingerprint density at radius 1 is 0.600 bits per heavy atom. The molecule has 2 aliphatic carbocycles. The Morgan fingerprint density at radius 2 is 0.914 bits per heavy atom. The van der Waals surface area contributed by atoms with Crippen LogP contribution in [0.2, 0.25) is 0 Å². The van der Waals surface area contributed by atoms with Crippen molar-refractivity contribution in [2.75, 3.05) is 0 Å². The van der Waals surface area contributed by atoms with Crippen molar-refractivity contribution in [1.29, 1.82) is 0 Å². The average molecular weight is 488 g/mol. The van der Waals surface area contributed by atoms with E-state index >= 15 is 0 Å². The Labute approximate surface area is 210 Å². The Hall–Kier alpha value is -1.76. The van der Waals surface area contributed by atoms with Gasteiger partial charge in [0.15, 0.2) is 0 Å². The van der Waals surface area contributed by atoms with E-state index in [1.54, 1.807) is 0 Å². The Morgan fingerprint density at radius 3 is 1.20 bits per heavy atom. The molecule has 7 heteroatoms. The number of imide groups is 2. The van der Waals surface area contributed by atoms with Crippen LogP contribution in [0, 0.1) is 23.7 Å². The molecule has 0 aromatic rings. The molecule has 2 heterocycles. The van der Waals surface area contributed by atoms with E-state index in [2.05, 4.69) is 19.2 Å². The topological polar surface area (TPSA) is 86.8 Å². The van der Waals surface area contributed by atoms with Crippen molar-refractivity contribution in [1.82, 2.24) is 15.1 Å². The van der Waals surface area contributed by atoms with E-state index < -0.39 is 12.3 Å². The van der Waals surface area contributed by atoms with Crippen LogP contribution in [0.25, 0.3) is 0 Å². The third-order valence-electron chi connectivity index (χ3n) is 8.92. The molecule has 0 aromatic heterocycles. The first kappa shape index (κ1) is 26.3. The second-order valence-electron chi connectivity index (χ2n) is 11.3. The van der Waals surface area contributed by atoms with Crippen LogP contribution in [0.4, 0.5) is 0 Å². The van der Waals surface area contributed by atoms with Gasteiger partial charge in [0.25, 0.3) is 0 Å². The highest BCUT2D eigenvalue weighted by atomic mass is 16.2. The molecule has 0 spiro atoms. The standard InChI is InChI=1S/C28H45N3O4/c1-3-5-7-17-23(30-25(32)19-13-9-10-14-20(19)26(30)33)29-24(18-8-6-4-2)31-27(34)21-15-11-12-16-22(21)28(31)35/h19-24,29H,3-18H2,1-2H3. The molecule has 4 aliphatic rings. The Bertz CT molecular complexity index is 687. The van der Waals surface area contributed by atoms with Gasteiger partial charge in [-0.05, 0) is 38.5 Å². The third kappa shape index (κ3) is 5.35. The fourth-order valence-electron chi connectivity index (χ4n) is 6.96. The molecule has 0 aromatic carbocycles. The number of carbonyl (C=O) groups is 4. The zero-order valence-electron chi connectivity index (χ0n) is 21.8. The van der Waals surface area contributed by atoms with Gasteiger partial charge in [-0.25, -0.2) is 0 Å². The van der Waals surface area contributed by atoms with E-state index in [-0.39, 0.29) is 47.3 Å². The quantitative estimate of drug-likeness (QED) is 0.317. The highest BCUT2D eigenvalue weighted by molar-refractivity contribution is 6.06. The summed E-state index contributed by atoms with van der Waals surface area (Å²) < 4.78 is 0. The monoisotopic (exact) mass is 487 g/mol. The minimum Gasteiger partial charge on any atom is -0.276 e. The lowest BCUT2D eigenvalue weighted by Crippen LogP contribution is -2.58. The molecule has 0 bridgehead atoms. The summed E-state index contributed by atoms with van der Waals surface area (Å²) in [5.41, 5.74) is 0. The summed E-state index contributed by atoms with van der Waals surface area (Å²) in [5.74, 6) is -0.956. The molecule has 7 nitrogen and oxygen atoms in total. The summed E-state index contributed by atoms with van der Waals surface area (Å²) in [6.07, 6.45) is 13.5. The number of carbonyl (C=O) groups excluding carboxylic acids is 4. The van der Waals surface area contributed by atoms with Gasteiger partial charge in [0.2, 0.25) is 23.6 Å². The number of likely N-dealkylation sites (tertiary alicyclic amines) is 2. The molecule has 6 unspecified atom stereocenters. The van der Waals surface area contributed by atoms with E-state index in [9.17, 15) is 19.2 Å². The normalized spacial score (nSPS) is 30.6. The van der Waals surface area contributed by atoms with E-state index in [0.29, 0.717) is 12.8 Å². The summed E-state index contributed by atoms with van der Waals surface area (Å²) in [7, 11) is 0. The summed E-state index contributed by atoms with van der Waals surface area (Å²) in [6.45, 7) is 4.28. The van der Waals surface area contributed by atoms with Gasteiger partial charge in [-0.1, -0.05) is 78.1 Å². The van der Waals surface area contributed by atoms with Crippen molar-refractivity contribution in [2.24, 2.45) is 23.7 Å². The number of nitrogens with zero attached hydrogens (tertiary/aromatic N) is 2. The van der Waals surface area contributed by atoms with E-state index in [1.807, 2.05) is 0 Å². The van der Waals surface area contributed by atoms with Crippen molar-refractivity contribution in [3.63, 3.8) is 0 Å². The third-order valence-corrected chi connectivity index (χ3v) is 8.92. The highest BCUT2D eigenvalue weighted by Gasteiger charge is 2.53. The van der Waals surface area contributed by atoms with E-state index in [1.165, 1.54) is 9.80 Å². The summed E-state index contributed by atoms with van der Waals surface area (Å²) in [6, 6.07) is 0. The lowest BCUT2D eigenvalue weighted by Gasteiger charge is -2.35. The van der Waals surface area contributed by atoms with Crippen LogP contribution in [-0.4, -0.2) is 45.8 Å². The molecule has 6 atom stereocenters. The Kier molecular flexibility index (Phi) is 9.01. The van der Waals surface area contributed by atoms with Gasteiger partial charge in [-0.2, -0.15) is 0 Å². The molecule has 4 fully saturated rings. The maximum absolute atomic E-state index is 13.4. The van der Waals surface area contributed by atoms with Crippen molar-refractivity contribution in [2.45, 2.75) is 129 Å². The van der Waals surface area contributed by atoms with E-state index in [0.717, 1.165) is 89.9 Å². The maximum Gasteiger partial charge on any atom is 0.234 e. The summed E-state index contributed by atoms with van der Waals surface area (Å²) in [5, 5.41) is 3.57. The number of amides is 4. The zero-order chi connectivity index (χ0) is 24.9. The highest BCUT2D eigenvalue weighted by Crippen LogP contribution is 2.41. The minimum atomic E-state index is -0.456. The second-order valence-corrected chi connectivity index (χ2v) is 11.3. The lowest BCUT2D eigenvalue weighted by molar-refractivity contribution is -0.146. The van der Waals surface area contributed by atoms with E-state index in [4.69, 9.17) is 0 Å². The molecule has 196 valence electrons. The van der Waals surface area contributed by atoms with Crippen molar-refractivity contribution in [3.8, 4) is 0 Å². The molecule has 35 heavy (non-hydrogen) atoms. The first-order chi connectivity index (χ1) is 17.0. The molecule has 2 saturated heterocycles. The first-order valence-electron chi connectivity index (χ1n) is 14.5. The number of fused-ring (bicyclic) bond motifs is 2. The molecule has 2 saturated carbocycles. The fraction of sp³-hybridized carbons (Fsp3) is 0.857. The van der Waals surface area contributed by atoms with Gasteiger partial charge in [0, 0.05) is 0 Å². The van der Waals surface area contributed by atoms with Crippen molar-refractivity contribution >= 4 is 23.6 Å². The molecule has 1 N–H and O–H groups in total. The number of hydrogen-bond donors (Lipinski definition) is 1. The average Bonchev–Trinajstić information content (AvgIpc) is 3.28. The van der Waals surface area contributed by atoms with Crippen molar-refractivity contribution in [3.05, 3.63) is 0 Å². The molecule has 4 rings (SSSR count). The largest absolute Gasteiger partial charge is 0.276 e. The SMILES string of the molecule is CCCCCC(NC(CCCCC)N1C(=O)C2CCCCC2C1=O)N1C(=O)C2CCCCC2C1=O. The molecule has 4 amide bonds. The summed E-state index contributed by atoms with van der Waals surface area (Å²) >= 11 is 0. The predicted octanol–water partition coefficient (Wildman–Crippen LogP) is 4.74. The van der Waals surface area contributed by atoms with Crippen molar-refractivity contribution < 1.29 is 19.2 Å². The van der Waals surface area contributed by atoms with Crippen LogP contribution in [-0.2, 0) is 19.2 Å². The zero-order valence-corrected chi connectivity index (χ0v) is 21.8. The summed E-state index contributed by atoms with van der Waals surface area (Å²) in [4.78, 5) is 56.8. The maximum atomic E-state index is 13.4. The lowest BCUT2D eigenvalue weighted by atomic mass is 9.81. The van der Waals surface area contributed by atoms with Gasteiger partial charge in [0.1, 0.15) is 0 Å². The number of nitrogens with one attached hydrogen (secondary N) is 1. The van der Waals surface area contributed by atoms with Gasteiger partial charge in [0.05, 0.1) is 36.0 Å². The molecular weight excluding hydrogens is 442 g/mol. The fourth-order valence-corrected chi connectivity index (χ4v) is 6.96. The van der Waals surface area contributed by atoms with Gasteiger partial charge < -0.3 is 0 Å². The predicted molar refractivity (Wildman–Crippen MR) is 134 cm³/mol. The number of hydrogen-bond acceptors (Lipinski definition) is 5. The second kappa shape index (κ2) is 12.0. The molecule has 0 radical (unpaired) electrons. The number of unbranched alkanes of at least 4 members (excludes halogenated alkanes) is 4. The van der Waals surface area contributed by atoms with Crippen LogP contribution in [0.5, 0.6) is 0 Å². The smallest absolute Gasteiger partial charge is 0.234 e. The minimum absolute atomic E-state index is 0.0475. The number of rotatable bonds is 12. The van der Waals surface area contributed by atoms with Crippen LogP contribution in [0.1, 0.15) is 117 Å². The van der Waals surface area contributed by atoms with Gasteiger partial charge in [-0.15, -0.1) is 0 Å². The van der Waals surface area contributed by atoms with Crippen LogP contribution in [0.15, 0.2) is 0 Å². The van der Waals surface area contributed by atoms with Crippen LogP contribution < -0.4 is 5.32 Å². The van der Waals surface area contributed by atoms with Gasteiger partial charge >= 0.3 is 0 Å².